The van der Waals surface area contributed by atoms with Crippen molar-refractivity contribution >= 4 is 5.91 Å². The number of hydrogen-bond acceptors (Lipinski definition) is 3. The molecule has 4 heteroatoms. The van der Waals surface area contributed by atoms with Crippen molar-refractivity contribution in [1.82, 2.24) is 4.90 Å². The number of benzene rings is 1. The Morgan fingerprint density at radius 3 is 2.55 bits per heavy atom. The van der Waals surface area contributed by atoms with Crippen LogP contribution in [-0.4, -0.2) is 30.7 Å². The van der Waals surface area contributed by atoms with Crippen LogP contribution in [0.1, 0.15) is 38.7 Å². The van der Waals surface area contributed by atoms with E-state index in [1.807, 2.05) is 23.1 Å². The molecule has 4 nitrogen and oxygen atoms in total. The van der Waals surface area contributed by atoms with Crippen LogP contribution in [0.4, 0.5) is 0 Å². The highest BCUT2D eigenvalue weighted by Crippen LogP contribution is 2.32. The summed E-state index contributed by atoms with van der Waals surface area (Å²) < 4.78 is 10.6. The molecule has 0 saturated heterocycles. The molecule has 1 aliphatic heterocycles. The number of rotatable bonds is 7. The zero-order chi connectivity index (χ0) is 14.4. The molecule has 1 heterocycles. The predicted octanol–water partition coefficient (Wildman–Crippen LogP) is 3.00. The number of carbonyl (C=O) groups is 1. The average molecular weight is 277 g/mol. The fraction of sp³-hybridized carbons (Fsp3) is 0.562. The van der Waals surface area contributed by atoms with Crippen molar-refractivity contribution in [3.8, 4) is 11.5 Å². The quantitative estimate of drug-likeness (QED) is 0.769. The predicted molar refractivity (Wildman–Crippen MR) is 78.0 cm³/mol. The summed E-state index contributed by atoms with van der Waals surface area (Å²) in [6.45, 7) is 6.21. The van der Waals surface area contributed by atoms with Gasteiger partial charge in [0.2, 0.25) is 12.7 Å². The maximum absolute atomic E-state index is 12.2. The Kier molecular flexibility index (Phi) is 5.27. The third-order valence-electron chi connectivity index (χ3n) is 3.40. The lowest BCUT2D eigenvalue weighted by Gasteiger charge is -2.21. The van der Waals surface area contributed by atoms with Crippen LogP contribution in [0.3, 0.4) is 0 Å². The van der Waals surface area contributed by atoms with E-state index in [1.54, 1.807) is 0 Å². The fourth-order valence-corrected chi connectivity index (χ4v) is 2.41. The van der Waals surface area contributed by atoms with Crippen molar-refractivity contribution < 1.29 is 14.3 Å². The van der Waals surface area contributed by atoms with Crippen LogP contribution in [0.25, 0.3) is 0 Å². The van der Waals surface area contributed by atoms with E-state index in [1.165, 1.54) is 0 Å². The van der Waals surface area contributed by atoms with E-state index in [0.29, 0.717) is 13.2 Å². The molecule has 0 fully saturated rings. The monoisotopic (exact) mass is 277 g/mol. The molecule has 0 unspecified atom stereocenters. The highest BCUT2D eigenvalue weighted by molar-refractivity contribution is 5.76. The second kappa shape index (κ2) is 7.17. The van der Waals surface area contributed by atoms with Crippen LogP contribution in [0.2, 0.25) is 0 Å². The van der Waals surface area contributed by atoms with Gasteiger partial charge in [-0.05, 0) is 37.0 Å². The van der Waals surface area contributed by atoms with Gasteiger partial charge >= 0.3 is 0 Å². The first-order valence-corrected chi connectivity index (χ1v) is 7.41. The van der Waals surface area contributed by atoms with E-state index < -0.39 is 0 Å². The van der Waals surface area contributed by atoms with Gasteiger partial charge in [-0.3, -0.25) is 4.79 Å². The van der Waals surface area contributed by atoms with Gasteiger partial charge in [0.25, 0.3) is 0 Å². The Labute approximate surface area is 120 Å². The maximum atomic E-state index is 12.2. The molecule has 0 saturated carbocycles. The first-order chi connectivity index (χ1) is 9.74. The Hall–Kier alpha value is -1.71. The second-order valence-electron chi connectivity index (χ2n) is 5.07. The molecule has 1 aromatic rings. The smallest absolute Gasteiger partial charge is 0.231 e. The van der Waals surface area contributed by atoms with Gasteiger partial charge in [-0.15, -0.1) is 0 Å². The summed E-state index contributed by atoms with van der Waals surface area (Å²) in [5.74, 6) is 1.82. The highest BCUT2D eigenvalue weighted by Gasteiger charge is 2.15. The molecule has 1 amide bonds. The topological polar surface area (TPSA) is 38.8 Å². The van der Waals surface area contributed by atoms with Gasteiger partial charge < -0.3 is 14.4 Å². The van der Waals surface area contributed by atoms with Crippen LogP contribution in [0.15, 0.2) is 18.2 Å². The first-order valence-electron chi connectivity index (χ1n) is 7.41. The summed E-state index contributed by atoms with van der Waals surface area (Å²) in [5.41, 5.74) is 1.12. The lowest BCUT2D eigenvalue weighted by molar-refractivity contribution is -0.131. The lowest BCUT2D eigenvalue weighted by atomic mass is 10.1. The molecule has 0 atom stereocenters. The lowest BCUT2D eigenvalue weighted by Crippen LogP contribution is -2.32. The number of nitrogens with zero attached hydrogens (tertiary/aromatic N) is 1. The summed E-state index contributed by atoms with van der Waals surface area (Å²) >= 11 is 0. The van der Waals surface area contributed by atoms with Crippen molar-refractivity contribution in [3.63, 3.8) is 0 Å². The van der Waals surface area contributed by atoms with Crippen LogP contribution in [0, 0.1) is 0 Å². The summed E-state index contributed by atoms with van der Waals surface area (Å²) in [6, 6.07) is 5.89. The van der Waals surface area contributed by atoms with Gasteiger partial charge in [0.15, 0.2) is 11.5 Å². The van der Waals surface area contributed by atoms with Gasteiger partial charge in [-0.2, -0.15) is 0 Å². The molecule has 0 aromatic heterocycles. The zero-order valence-electron chi connectivity index (χ0n) is 12.4. The number of carbonyl (C=O) groups excluding carboxylic acids is 1. The zero-order valence-corrected chi connectivity index (χ0v) is 12.4. The largest absolute Gasteiger partial charge is 0.454 e. The average Bonchev–Trinajstić information content (AvgIpc) is 2.92. The molecule has 110 valence electrons. The Morgan fingerprint density at radius 1 is 1.15 bits per heavy atom. The van der Waals surface area contributed by atoms with Gasteiger partial charge in [0, 0.05) is 19.5 Å². The number of ether oxygens (including phenoxy) is 2. The van der Waals surface area contributed by atoms with E-state index in [2.05, 4.69) is 13.8 Å². The third-order valence-corrected chi connectivity index (χ3v) is 3.40. The standard InChI is InChI=1S/C16H23NO3/c1-3-9-17(10-4-2)16(18)8-6-13-5-7-14-15(11-13)20-12-19-14/h5,7,11H,3-4,6,8-10,12H2,1-2H3. The van der Waals surface area contributed by atoms with Crippen molar-refractivity contribution in [1.29, 1.82) is 0 Å². The molecule has 0 radical (unpaired) electrons. The van der Waals surface area contributed by atoms with Crippen LogP contribution in [0.5, 0.6) is 11.5 Å². The van der Waals surface area contributed by atoms with E-state index in [0.717, 1.165) is 49.4 Å². The molecule has 0 bridgehead atoms. The second-order valence-corrected chi connectivity index (χ2v) is 5.07. The Morgan fingerprint density at radius 2 is 1.85 bits per heavy atom. The molecular formula is C16H23NO3. The van der Waals surface area contributed by atoms with Crippen molar-refractivity contribution in [2.24, 2.45) is 0 Å². The molecule has 1 aliphatic rings. The maximum Gasteiger partial charge on any atom is 0.231 e. The fourth-order valence-electron chi connectivity index (χ4n) is 2.41. The van der Waals surface area contributed by atoms with E-state index in [4.69, 9.17) is 9.47 Å². The van der Waals surface area contributed by atoms with E-state index >= 15 is 0 Å². The summed E-state index contributed by atoms with van der Waals surface area (Å²) in [5, 5.41) is 0. The normalized spacial score (nSPS) is 12.5. The molecule has 1 aromatic carbocycles. The SMILES string of the molecule is CCCN(CCC)C(=O)CCc1ccc2c(c1)OCO2. The number of hydrogen-bond donors (Lipinski definition) is 0. The molecule has 2 rings (SSSR count). The van der Waals surface area contributed by atoms with Gasteiger partial charge in [0.1, 0.15) is 0 Å². The summed E-state index contributed by atoms with van der Waals surface area (Å²) in [4.78, 5) is 14.2. The Balaban J connectivity index is 1.89. The van der Waals surface area contributed by atoms with E-state index in [9.17, 15) is 4.79 Å². The minimum Gasteiger partial charge on any atom is -0.454 e. The van der Waals surface area contributed by atoms with Gasteiger partial charge in [-0.25, -0.2) is 0 Å². The van der Waals surface area contributed by atoms with Crippen LogP contribution < -0.4 is 9.47 Å². The molecule has 20 heavy (non-hydrogen) atoms. The van der Waals surface area contributed by atoms with Crippen LogP contribution in [-0.2, 0) is 11.2 Å². The molecule has 0 N–H and O–H groups in total. The number of fused-ring (bicyclic) bond motifs is 1. The van der Waals surface area contributed by atoms with Crippen molar-refractivity contribution in [2.75, 3.05) is 19.9 Å². The Bertz CT molecular complexity index is 453. The summed E-state index contributed by atoms with van der Waals surface area (Å²) in [7, 11) is 0. The summed E-state index contributed by atoms with van der Waals surface area (Å²) in [6.07, 6.45) is 3.32. The van der Waals surface area contributed by atoms with Crippen LogP contribution >= 0.6 is 0 Å². The van der Waals surface area contributed by atoms with E-state index in [-0.39, 0.29) is 5.91 Å². The molecule has 0 spiro atoms. The highest BCUT2D eigenvalue weighted by atomic mass is 16.7. The first kappa shape index (κ1) is 14.7. The minimum absolute atomic E-state index is 0.242. The minimum atomic E-state index is 0.242. The van der Waals surface area contributed by atoms with Gasteiger partial charge in [-0.1, -0.05) is 19.9 Å². The van der Waals surface area contributed by atoms with Crippen molar-refractivity contribution in [2.45, 2.75) is 39.5 Å². The molecule has 0 aliphatic carbocycles. The third kappa shape index (κ3) is 3.65. The molecular weight excluding hydrogens is 254 g/mol. The number of amides is 1. The number of aryl methyl sites for hydroxylation is 1. The van der Waals surface area contributed by atoms with Gasteiger partial charge in [0.05, 0.1) is 0 Å². The van der Waals surface area contributed by atoms with Crippen molar-refractivity contribution in [3.05, 3.63) is 23.8 Å².